The summed E-state index contributed by atoms with van der Waals surface area (Å²) in [7, 11) is 0. The summed E-state index contributed by atoms with van der Waals surface area (Å²) in [6, 6.07) is 14.9. The van der Waals surface area contributed by atoms with Crippen LogP contribution in [0.3, 0.4) is 0 Å². The van der Waals surface area contributed by atoms with Crippen molar-refractivity contribution in [1.82, 2.24) is 4.90 Å². The molecular formula is C21H24FN3O. The molecule has 0 unspecified atom stereocenters. The van der Waals surface area contributed by atoms with Gasteiger partial charge in [0.2, 0.25) is 5.91 Å². The lowest BCUT2D eigenvalue weighted by molar-refractivity contribution is -0.123. The molecular weight excluding hydrogens is 329 g/mol. The molecule has 0 radical (unpaired) electrons. The number of carbonyl (C=O) groups is 1. The Labute approximate surface area is 153 Å². The summed E-state index contributed by atoms with van der Waals surface area (Å²) in [5.74, 6) is -0.0203. The van der Waals surface area contributed by atoms with E-state index in [1.165, 1.54) is 11.6 Å². The first-order valence-corrected chi connectivity index (χ1v) is 9.28. The number of fused-ring (bicyclic) bond motifs is 1. The van der Waals surface area contributed by atoms with Crippen LogP contribution in [0.5, 0.6) is 0 Å². The van der Waals surface area contributed by atoms with Crippen LogP contribution in [0.15, 0.2) is 48.5 Å². The molecule has 136 valence electrons. The average molecular weight is 353 g/mol. The lowest BCUT2D eigenvalue weighted by Crippen LogP contribution is -2.54. The third-order valence-corrected chi connectivity index (χ3v) is 5.57. The molecule has 1 fully saturated rings. The standard InChI is InChI=1S/C21H24FN3O/c1-16(21(26)25-11-10-17-6-2-4-8-19(17)25)23-12-14-24(15-13-23)20-9-5-3-7-18(20)22/h2-9,16H,10-15H2,1H3/t16-/m1/s1. The van der Waals surface area contributed by atoms with E-state index in [4.69, 9.17) is 0 Å². The van der Waals surface area contributed by atoms with Crippen molar-refractivity contribution >= 4 is 17.3 Å². The number of hydrogen-bond acceptors (Lipinski definition) is 3. The van der Waals surface area contributed by atoms with Crippen molar-refractivity contribution in [1.29, 1.82) is 0 Å². The van der Waals surface area contributed by atoms with Crippen LogP contribution >= 0.6 is 0 Å². The Hall–Kier alpha value is -2.40. The molecule has 1 atom stereocenters. The number of piperazine rings is 1. The first kappa shape index (κ1) is 17.0. The monoisotopic (exact) mass is 353 g/mol. The quantitative estimate of drug-likeness (QED) is 0.849. The molecule has 2 aliphatic heterocycles. The van der Waals surface area contributed by atoms with Crippen LogP contribution in [-0.4, -0.2) is 49.6 Å². The first-order chi connectivity index (χ1) is 12.6. The smallest absolute Gasteiger partial charge is 0.244 e. The highest BCUT2D eigenvalue weighted by Gasteiger charge is 2.32. The third-order valence-electron chi connectivity index (χ3n) is 5.57. The van der Waals surface area contributed by atoms with E-state index < -0.39 is 0 Å². The number of hydrogen-bond donors (Lipinski definition) is 0. The van der Waals surface area contributed by atoms with Gasteiger partial charge >= 0.3 is 0 Å². The van der Waals surface area contributed by atoms with E-state index in [2.05, 4.69) is 15.9 Å². The van der Waals surface area contributed by atoms with Gasteiger partial charge in [-0.3, -0.25) is 9.69 Å². The van der Waals surface area contributed by atoms with Gasteiger partial charge in [-0.2, -0.15) is 0 Å². The van der Waals surface area contributed by atoms with Crippen LogP contribution in [0.4, 0.5) is 15.8 Å². The fourth-order valence-corrected chi connectivity index (χ4v) is 4.01. The minimum atomic E-state index is -0.182. The second kappa shape index (κ2) is 7.08. The number of nitrogens with zero attached hydrogens (tertiary/aromatic N) is 3. The molecule has 0 spiro atoms. The maximum Gasteiger partial charge on any atom is 0.244 e. The Balaban J connectivity index is 1.40. The molecule has 0 saturated carbocycles. The number of para-hydroxylation sites is 2. The topological polar surface area (TPSA) is 26.8 Å². The van der Waals surface area contributed by atoms with Crippen LogP contribution in [0.2, 0.25) is 0 Å². The van der Waals surface area contributed by atoms with Gasteiger partial charge in [-0.05, 0) is 37.1 Å². The van der Waals surface area contributed by atoms with Gasteiger partial charge in [0.15, 0.2) is 0 Å². The van der Waals surface area contributed by atoms with E-state index in [1.807, 2.05) is 42.2 Å². The minimum Gasteiger partial charge on any atom is -0.367 e. The fourth-order valence-electron chi connectivity index (χ4n) is 4.01. The predicted octanol–water partition coefficient (Wildman–Crippen LogP) is 2.93. The average Bonchev–Trinajstić information content (AvgIpc) is 3.11. The molecule has 2 aromatic rings. The summed E-state index contributed by atoms with van der Waals surface area (Å²) in [6.07, 6.45) is 0.926. The van der Waals surface area contributed by atoms with E-state index in [0.29, 0.717) is 5.69 Å². The van der Waals surface area contributed by atoms with Gasteiger partial charge in [-0.15, -0.1) is 0 Å². The predicted molar refractivity (Wildman–Crippen MR) is 102 cm³/mol. The summed E-state index contributed by atoms with van der Waals surface area (Å²) in [4.78, 5) is 19.2. The van der Waals surface area contributed by atoms with Crippen molar-refractivity contribution in [2.24, 2.45) is 0 Å². The lowest BCUT2D eigenvalue weighted by atomic mass is 10.1. The molecule has 4 nitrogen and oxygen atoms in total. The molecule has 1 amide bonds. The van der Waals surface area contributed by atoms with Crippen LogP contribution in [0.1, 0.15) is 12.5 Å². The Kier molecular flexibility index (Phi) is 4.64. The Morgan fingerprint density at radius 2 is 1.58 bits per heavy atom. The minimum absolute atomic E-state index is 0.161. The van der Waals surface area contributed by atoms with Crippen LogP contribution in [0.25, 0.3) is 0 Å². The highest BCUT2D eigenvalue weighted by Crippen LogP contribution is 2.29. The second-order valence-electron chi connectivity index (χ2n) is 7.02. The number of carbonyl (C=O) groups excluding carboxylic acids is 1. The van der Waals surface area contributed by atoms with Crippen molar-refractivity contribution in [3.8, 4) is 0 Å². The zero-order chi connectivity index (χ0) is 18.1. The van der Waals surface area contributed by atoms with Crippen molar-refractivity contribution in [2.45, 2.75) is 19.4 Å². The van der Waals surface area contributed by atoms with E-state index in [0.717, 1.165) is 44.8 Å². The van der Waals surface area contributed by atoms with Gasteiger partial charge in [-0.1, -0.05) is 30.3 Å². The Bertz CT molecular complexity index is 801. The molecule has 0 aromatic heterocycles. The maximum atomic E-state index is 14.0. The van der Waals surface area contributed by atoms with Crippen molar-refractivity contribution < 1.29 is 9.18 Å². The number of anilines is 2. The Morgan fingerprint density at radius 1 is 0.923 bits per heavy atom. The molecule has 26 heavy (non-hydrogen) atoms. The van der Waals surface area contributed by atoms with E-state index in [1.54, 1.807) is 6.07 Å². The number of rotatable bonds is 3. The molecule has 5 heteroatoms. The summed E-state index contributed by atoms with van der Waals surface area (Å²) < 4.78 is 14.0. The molecule has 2 aromatic carbocycles. The zero-order valence-corrected chi connectivity index (χ0v) is 15.1. The van der Waals surface area contributed by atoms with Gasteiger partial charge in [-0.25, -0.2) is 4.39 Å². The van der Waals surface area contributed by atoms with Gasteiger partial charge in [0, 0.05) is 38.4 Å². The molecule has 2 heterocycles. The molecule has 1 saturated heterocycles. The van der Waals surface area contributed by atoms with Crippen LogP contribution < -0.4 is 9.80 Å². The van der Waals surface area contributed by atoms with Gasteiger partial charge in [0.25, 0.3) is 0 Å². The summed E-state index contributed by atoms with van der Waals surface area (Å²) >= 11 is 0. The van der Waals surface area contributed by atoms with Gasteiger partial charge in [0.1, 0.15) is 5.82 Å². The Morgan fingerprint density at radius 3 is 2.31 bits per heavy atom. The highest BCUT2D eigenvalue weighted by atomic mass is 19.1. The normalized spacial score (nSPS) is 18.7. The molecule has 0 bridgehead atoms. The highest BCUT2D eigenvalue weighted by molar-refractivity contribution is 5.98. The first-order valence-electron chi connectivity index (χ1n) is 9.28. The SMILES string of the molecule is C[C@H](C(=O)N1CCc2ccccc21)N1CCN(c2ccccc2F)CC1. The number of amides is 1. The number of halogens is 1. The number of benzene rings is 2. The second-order valence-corrected chi connectivity index (χ2v) is 7.02. The van der Waals surface area contributed by atoms with Crippen molar-refractivity contribution in [3.63, 3.8) is 0 Å². The fraction of sp³-hybridized carbons (Fsp3) is 0.381. The molecule has 4 rings (SSSR count). The van der Waals surface area contributed by atoms with Crippen LogP contribution in [0, 0.1) is 5.82 Å². The van der Waals surface area contributed by atoms with Gasteiger partial charge in [0.05, 0.1) is 11.7 Å². The third kappa shape index (κ3) is 3.07. The van der Waals surface area contributed by atoms with E-state index in [-0.39, 0.29) is 17.8 Å². The lowest BCUT2D eigenvalue weighted by Gasteiger charge is -2.39. The van der Waals surface area contributed by atoms with E-state index >= 15 is 0 Å². The van der Waals surface area contributed by atoms with E-state index in [9.17, 15) is 9.18 Å². The summed E-state index contributed by atoms with van der Waals surface area (Å²) in [6.45, 7) is 5.73. The largest absolute Gasteiger partial charge is 0.367 e. The molecule has 2 aliphatic rings. The van der Waals surface area contributed by atoms with Crippen molar-refractivity contribution in [3.05, 3.63) is 59.9 Å². The maximum absolute atomic E-state index is 14.0. The molecule has 0 aliphatic carbocycles. The molecule has 0 N–H and O–H groups in total. The van der Waals surface area contributed by atoms with Gasteiger partial charge < -0.3 is 9.80 Å². The zero-order valence-electron chi connectivity index (χ0n) is 15.1. The van der Waals surface area contributed by atoms with Crippen LogP contribution in [-0.2, 0) is 11.2 Å². The van der Waals surface area contributed by atoms with Crippen molar-refractivity contribution in [2.75, 3.05) is 42.5 Å². The summed E-state index contributed by atoms with van der Waals surface area (Å²) in [5, 5.41) is 0. The summed E-state index contributed by atoms with van der Waals surface area (Å²) in [5.41, 5.74) is 2.95.